The van der Waals surface area contributed by atoms with Gasteiger partial charge >= 0.3 is 11.9 Å². The number of ether oxygens (including phenoxy) is 3. The number of carbonyl (C=O) groups excluding carboxylic acids is 4. The highest BCUT2D eigenvalue weighted by Gasteiger charge is 2.23. The van der Waals surface area contributed by atoms with Crippen molar-refractivity contribution in [3.05, 3.63) is 29.8 Å². The molecule has 1 aromatic carbocycles. The molecule has 0 aliphatic carbocycles. The summed E-state index contributed by atoms with van der Waals surface area (Å²) in [6.45, 7) is 2.81. The van der Waals surface area contributed by atoms with E-state index in [1.807, 2.05) is 13.8 Å². The molecule has 9 nitrogen and oxygen atoms in total. The van der Waals surface area contributed by atoms with E-state index in [2.05, 4.69) is 15.4 Å². The highest BCUT2D eigenvalue weighted by atomic mass is 16.5. The van der Waals surface area contributed by atoms with E-state index in [0.717, 1.165) is 0 Å². The largest absolute Gasteiger partial charge is 0.497 e. The van der Waals surface area contributed by atoms with Crippen LogP contribution in [0.3, 0.4) is 0 Å². The fourth-order valence-corrected chi connectivity index (χ4v) is 2.28. The molecule has 0 radical (unpaired) electrons. The average Bonchev–Trinajstić information content (AvgIpc) is 2.68. The van der Waals surface area contributed by atoms with Crippen LogP contribution in [-0.2, 0) is 23.9 Å². The van der Waals surface area contributed by atoms with E-state index in [4.69, 9.17) is 9.47 Å². The van der Waals surface area contributed by atoms with Gasteiger partial charge in [-0.15, -0.1) is 0 Å². The van der Waals surface area contributed by atoms with Crippen LogP contribution in [0, 0.1) is 5.92 Å². The van der Waals surface area contributed by atoms with E-state index in [1.165, 1.54) is 20.3 Å². The predicted molar refractivity (Wildman–Crippen MR) is 99.7 cm³/mol. The highest BCUT2D eigenvalue weighted by Crippen LogP contribution is 2.12. The van der Waals surface area contributed by atoms with Crippen molar-refractivity contribution in [2.24, 2.45) is 5.92 Å². The molecule has 0 heterocycles. The SMILES string of the molecule is COC(=O)[C@H](CC(C)C)NC(=O)COC(=O)CNC(=O)c1cccc(OC)c1. The number of hydrogen-bond acceptors (Lipinski definition) is 7. The molecule has 0 saturated heterocycles. The van der Waals surface area contributed by atoms with Gasteiger partial charge in [0.2, 0.25) is 0 Å². The van der Waals surface area contributed by atoms with Crippen molar-refractivity contribution < 1.29 is 33.4 Å². The molecule has 2 amide bonds. The molecule has 1 atom stereocenters. The lowest BCUT2D eigenvalue weighted by Crippen LogP contribution is -2.44. The lowest BCUT2D eigenvalue weighted by atomic mass is 10.0. The van der Waals surface area contributed by atoms with Gasteiger partial charge in [-0.05, 0) is 30.5 Å². The zero-order chi connectivity index (χ0) is 21.1. The molecule has 28 heavy (non-hydrogen) atoms. The Hall–Kier alpha value is -3.10. The van der Waals surface area contributed by atoms with Crippen LogP contribution in [0.15, 0.2) is 24.3 Å². The van der Waals surface area contributed by atoms with Crippen LogP contribution in [0.5, 0.6) is 5.75 Å². The Labute approximate surface area is 163 Å². The molecule has 0 aliphatic heterocycles. The number of nitrogens with one attached hydrogen (secondary N) is 2. The van der Waals surface area contributed by atoms with Gasteiger partial charge in [0.25, 0.3) is 11.8 Å². The van der Waals surface area contributed by atoms with Gasteiger partial charge in [-0.2, -0.15) is 0 Å². The number of esters is 2. The quantitative estimate of drug-likeness (QED) is 0.560. The molecule has 1 aromatic rings. The molecule has 9 heteroatoms. The first-order chi connectivity index (χ1) is 13.3. The molecule has 0 aliphatic rings. The Kier molecular flexibility index (Phi) is 9.49. The zero-order valence-electron chi connectivity index (χ0n) is 16.4. The fraction of sp³-hybridized carbons (Fsp3) is 0.474. The van der Waals surface area contributed by atoms with Crippen LogP contribution < -0.4 is 15.4 Å². The number of benzene rings is 1. The molecular weight excluding hydrogens is 368 g/mol. The fourth-order valence-electron chi connectivity index (χ4n) is 2.28. The number of carbonyl (C=O) groups is 4. The van der Waals surface area contributed by atoms with Gasteiger partial charge < -0.3 is 24.8 Å². The highest BCUT2D eigenvalue weighted by molar-refractivity contribution is 5.96. The maximum atomic E-state index is 12.0. The maximum Gasteiger partial charge on any atom is 0.328 e. The van der Waals surface area contributed by atoms with E-state index in [1.54, 1.807) is 18.2 Å². The third-order valence-electron chi connectivity index (χ3n) is 3.62. The van der Waals surface area contributed by atoms with Gasteiger partial charge in [0.05, 0.1) is 14.2 Å². The molecule has 0 aromatic heterocycles. The van der Waals surface area contributed by atoms with Gasteiger partial charge in [-0.3, -0.25) is 14.4 Å². The summed E-state index contributed by atoms with van der Waals surface area (Å²) in [6, 6.07) is 5.60. The molecule has 154 valence electrons. The molecule has 0 fully saturated rings. The molecule has 0 unspecified atom stereocenters. The zero-order valence-corrected chi connectivity index (χ0v) is 16.4. The average molecular weight is 394 g/mol. The second-order valence-electron chi connectivity index (χ2n) is 6.35. The minimum Gasteiger partial charge on any atom is -0.497 e. The van der Waals surface area contributed by atoms with Crippen molar-refractivity contribution in [1.29, 1.82) is 0 Å². The van der Waals surface area contributed by atoms with Crippen molar-refractivity contribution in [3.8, 4) is 5.75 Å². The van der Waals surface area contributed by atoms with Crippen molar-refractivity contribution in [2.75, 3.05) is 27.4 Å². The lowest BCUT2D eigenvalue weighted by Gasteiger charge is -2.18. The lowest BCUT2D eigenvalue weighted by molar-refractivity contribution is -0.149. The topological polar surface area (TPSA) is 120 Å². The Balaban J connectivity index is 2.43. The summed E-state index contributed by atoms with van der Waals surface area (Å²) in [7, 11) is 2.71. The molecule has 0 bridgehead atoms. The first kappa shape index (κ1) is 22.9. The molecule has 1 rings (SSSR count). The normalized spacial score (nSPS) is 11.3. The van der Waals surface area contributed by atoms with Crippen molar-refractivity contribution >= 4 is 23.8 Å². The van der Waals surface area contributed by atoms with E-state index in [-0.39, 0.29) is 5.92 Å². The summed E-state index contributed by atoms with van der Waals surface area (Å²) >= 11 is 0. The summed E-state index contributed by atoms with van der Waals surface area (Å²) < 4.78 is 14.5. The second-order valence-corrected chi connectivity index (χ2v) is 6.35. The summed E-state index contributed by atoms with van der Waals surface area (Å²) in [5, 5.41) is 4.86. The summed E-state index contributed by atoms with van der Waals surface area (Å²) in [5.41, 5.74) is 0.319. The van der Waals surface area contributed by atoms with Crippen molar-refractivity contribution in [2.45, 2.75) is 26.3 Å². The molecule has 2 N–H and O–H groups in total. The summed E-state index contributed by atoms with van der Waals surface area (Å²) in [5.74, 6) is -1.82. The van der Waals surface area contributed by atoms with Crippen LogP contribution in [-0.4, -0.2) is 57.2 Å². The van der Waals surface area contributed by atoms with Gasteiger partial charge in [-0.25, -0.2) is 4.79 Å². The Morgan fingerprint density at radius 2 is 1.82 bits per heavy atom. The minimum absolute atomic E-state index is 0.152. The van der Waals surface area contributed by atoms with Gasteiger partial charge in [-0.1, -0.05) is 19.9 Å². The first-order valence-corrected chi connectivity index (χ1v) is 8.71. The van der Waals surface area contributed by atoms with Gasteiger partial charge in [0.15, 0.2) is 6.61 Å². The molecule has 0 saturated carbocycles. The standard InChI is InChI=1S/C19H26N2O7/c1-12(2)8-15(19(25)27-4)21-16(22)11-28-17(23)10-20-18(24)13-6-5-7-14(9-13)26-3/h5-7,9,12,15H,8,10-11H2,1-4H3,(H,20,24)(H,21,22)/t15-/m0/s1. The van der Waals surface area contributed by atoms with Crippen molar-refractivity contribution in [1.82, 2.24) is 10.6 Å². The van der Waals surface area contributed by atoms with E-state index < -0.39 is 42.9 Å². The van der Waals surface area contributed by atoms with Gasteiger partial charge in [0, 0.05) is 5.56 Å². The van der Waals surface area contributed by atoms with Crippen LogP contribution in [0.2, 0.25) is 0 Å². The van der Waals surface area contributed by atoms with Crippen LogP contribution >= 0.6 is 0 Å². The van der Waals surface area contributed by atoms with Gasteiger partial charge in [0.1, 0.15) is 18.3 Å². The minimum atomic E-state index is -0.816. The Bertz CT molecular complexity index is 703. The molecular formula is C19H26N2O7. The molecule has 0 spiro atoms. The third kappa shape index (κ3) is 8.07. The second kappa shape index (κ2) is 11.6. The predicted octanol–water partition coefficient (Wildman–Crippen LogP) is 0.672. The van der Waals surface area contributed by atoms with E-state index in [9.17, 15) is 19.2 Å². The summed E-state index contributed by atoms with van der Waals surface area (Å²) in [6.07, 6.45) is 0.392. The van der Waals surface area contributed by atoms with E-state index >= 15 is 0 Å². The Morgan fingerprint density at radius 3 is 2.43 bits per heavy atom. The smallest absolute Gasteiger partial charge is 0.328 e. The number of amides is 2. The third-order valence-corrected chi connectivity index (χ3v) is 3.62. The summed E-state index contributed by atoms with van der Waals surface area (Å²) in [4.78, 5) is 47.3. The number of methoxy groups -OCH3 is 2. The monoisotopic (exact) mass is 394 g/mol. The van der Waals surface area contributed by atoms with Crippen molar-refractivity contribution in [3.63, 3.8) is 0 Å². The Morgan fingerprint density at radius 1 is 1.11 bits per heavy atom. The maximum absolute atomic E-state index is 12.0. The number of rotatable bonds is 10. The van der Waals surface area contributed by atoms with Crippen LogP contribution in [0.4, 0.5) is 0 Å². The number of hydrogen-bond donors (Lipinski definition) is 2. The van der Waals surface area contributed by atoms with Crippen LogP contribution in [0.1, 0.15) is 30.6 Å². The van der Waals surface area contributed by atoms with Crippen LogP contribution in [0.25, 0.3) is 0 Å². The van der Waals surface area contributed by atoms with E-state index in [0.29, 0.717) is 17.7 Å². The first-order valence-electron chi connectivity index (χ1n) is 8.71.